The minimum atomic E-state index is -4.39. The molecule has 59 heavy (non-hydrogen) atoms. The number of rotatable bonds is 39. The molecule has 0 aromatic rings. The average Bonchev–Trinajstić information content (AvgIpc) is 3.20. The second-order valence-corrected chi connectivity index (χ2v) is 15.9. The molecule has 0 aliphatic heterocycles. The van der Waals surface area contributed by atoms with Gasteiger partial charge in [0.1, 0.15) is 6.61 Å². The van der Waals surface area contributed by atoms with E-state index in [4.69, 9.17) is 18.5 Å². The van der Waals surface area contributed by atoms with Crippen LogP contribution in [0.15, 0.2) is 109 Å². The number of esters is 2. The second-order valence-electron chi connectivity index (χ2n) is 14.5. The van der Waals surface area contributed by atoms with Crippen LogP contribution in [0.25, 0.3) is 0 Å². The summed E-state index contributed by atoms with van der Waals surface area (Å²) in [5.41, 5.74) is 0. The van der Waals surface area contributed by atoms with Crippen molar-refractivity contribution in [2.24, 2.45) is 0 Å². The standard InChI is InChI=1S/C49H80NO8P/c1-5-7-9-11-13-15-17-19-21-23-24-26-28-30-32-34-36-38-40-42-49(52)58-47(46-57-59(53,54)56-44-43-50(3)4)45-55-48(51)41-39-37-35-33-31-29-27-25-22-20-18-16-14-12-10-8-6-2/h8,10,13-16,19-22,24,26-27,29-30,32-33,35,47H,5-7,9,11-12,17-18,23,25,28,31,34,36-46H2,1-4H3,(H,53,54)/b10-8-,15-13-,16-14-,21-19-,22-20-,26-24-,29-27-,32-30-,35-33-. The van der Waals surface area contributed by atoms with Crippen LogP contribution < -0.4 is 0 Å². The molecule has 2 atom stereocenters. The lowest BCUT2D eigenvalue weighted by Gasteiger charge is -2.20. The van der Waals surface area contributed by atoms with E-state index in [-0.39, 0.29) is 26.1 Å². The van der Waals surface area contributed by atoms with Gasteiger partial charge < -0.3 is 19.3 Å². The summed E-state index contributed by atoms with van der Waals surface area (Å²) in [6, 6.07) is 0. The molecule has 0 fully saturated rings. The number of nitrogens with zero attached hydrogens (tertiary/aromatic N) is 1. The molecule has 0 amide bonds. The van der Waals surface area contributed by atoms with Gasteiger partial charge in [-0.25, -0.2) is 4.57 Å². The molecule has 0 radical (unpaired) electrons. The molecule has 10 heteroatoms. The Morgan fingerprint density at radius 2 is 0.983 bits per heavy atom. The van der Waals surface area contributed by atoms with E-state index in [1.807, 2.05) is 20.2 Å². The minimum absolute atomic E-state index is 0.0147. The van der Waals surface area contributed by atoms with E-state index < -0.39 is 32.5 Å². The largest absolute Gasteiger partial charge is 0.472 e. The van der Waals surface area contributed by atoms with Crippen LogP contribution in [0.2, 0.25) is 0 Å². The lowest BCUT2D eigenvalue weighted by molar-refractivity contribution is -0.161. The third-order valence-corrected chi connectivity index (χ3v) is 9.55. The normalized spacial score (nSPS) is 14.4. The summed E-state index contributed by atoms with van der Waals surface area (Å²) >= 11 is 0. The fourth-order valence-corrected chi connectivity index (χ4v) is 5.92. The maximum absolute atomic E-state index is 12.7. The topological polar surface area (TPSA) is 112 Å². The Morgan fingerprint density at radius 3 is 1.46 bits per heavy atom. The maximum Gasteiger partial charge on any atom is 0.472 e. The van der Waals surface area contributed by atoms with E-state index in [1.54, 1.807) is 4.90 Å². The Morgan fingerprint density at radius 1 is 0.542 bits per heavy atom. The van der Waals surface area contributed by atoms with E-state index >= 15 is 0 Å². The molecule has 0 aliphatic carbocycles. The zero-order valence-corrected chi connectivity index (χ0v) is 38.0. The zero-order valence-electron chi connectivity index (χ0n) is 37.1. The quantitative estimate of drug-likeness (QED) is 0.0280. The Kier molecular flexibility index (Phi) is 40.4. The summed E-state index contributed by atoms with van der Waals surface area (Å²) in [5.74, 6) is -0.920. The number of ether oxygens (including phenoxy) is 2. The molecule has 9 nitrogen and oxygen atoms in total. The van der Waals surface area contributed by atoms with Gasteiger partial charge >= 0.3 is 19.8 Å². The highest BCUT2D eigenvalue weighted by Gasteiger charge is 2.26. The first-order chi connectivity index (χ1) is 28.7. The molecular weight excluding hydrogens is 762 g/mol. The monoisotopic (exact) mass is 842 g/mol. The number of phosphoric acid groups is 1. The summed E-state index contributed by atoms with van der Waals surface area (Å²) in [6.45, 7) is 4.05. The van der Waals surface area contributed by atoms with E-state index in [9.17, 15) is 19.0 Å². The average molecular weight is 842 g/mol. The van der Waals surface area contributed by atoms with Gasteiger partial charge in [0, 0.05) is 19.4 Å². The Hall–Kier alpha value is -3.33. The van der Waals surface area contributed by atoms with Crippen molar-refractivity contribution in [2.75, 3.05) is 40.5 Å². The summed E-state index contributed by atoms with van der Waals surface area (Å²) in [6.07, 6.45) is 55.7. The molecule has 0 aromatic heterocycles. The van der Waals surface area contributed by atoms with E-state index in [0.29, 0.717) is 19.4 Å². The molecule has 0 bridgehead atoms. The van der Waals surface area contributed by atoms with Gasteiger partial charge in [0.05, 0.1) is 13.2 Å². The molecular formula is C49H80NO8P. The van der Waals surface area contributed by atoms with E-state index in [2.05, 4.69) is 117 Å². The summed E-state index contributed by atoms with van der Waals surface area (Å²) in [7, 11) is -0.771. The van der Waals surface area contributed by atoms with Crippen molar-refractivity contribution in [3.8, 4) is 0 Å². The number of likely N-dealkylation sites (N-methyl/N-ethyl adjacent to an activating group) is 1. The van der Waals surface area contributed by atoms with Crippen LogP contribution in [0.1, 0.15) is 142 Å². The fraction of sp³-hybridized carbons (Fsp3) is 0.592. The van der Waals surface area contributed by atoms with Gasteiger partial charge in [-0.2, -0.15) is 0 Å². The summed E-state index contributed by atoms with van der Waals surface area (Å²) in [4.78, 5) is 37.0. The van der Waals surface area contributed by atoms with Gasteiger partial charge in [0.15, 0.2) is 6.10 Å². The molecule has 0 saturated heterocycles. The molecule has 0 aliphatic rings. The van der Waals surface area contributed by atoms with Crippen LogP contribution >= 0.6 is 7.82 Å². The second kappa shape index (κ2) is 42.8. The van der Waals surface area contributed by atoms with E-state index in [1.165, 1.54) is 25.7 Å². The van der Waals surface area contributed by atoms with Crippen LogP contribution in [-0.4, -0.2) is 68.3 Å². The molecule has 0 aromatic carbocycles. The maximum atomic E-state index is 12.7. The summed E-state index contributed by atoms with van der Waals surface area (Å²) < 4.78 is 33.4. The molecule has 334 valence electrons. The Labute approximate surface area is 359 Å². The first-order valence-corrected chi connectivity index (χ1v) is 23.7. The van der Waals surface area contributed by atoms with Gasteiger partial charge in [-0.15, -0.1) is 0 Å². The van der Waals surface area contributed by atoms with Gasteiger partial charge in [-0.3, -0.25) is 18.6 Å². The number of carbonyl (C=O) groups is 2. The third-order valence-electron chi connectivity index (χ3n) is 8.56. The molecule has 1 N–H and O–H groups in total. The molecule has 0 rings (SSSR count). The predicted octanol–water partition coefficient (Wildman–Crippen LogP) is 13.0. The van der Waals surface area contributed by atoms with Crippen molar-refractivity contribution in [2.45, 2.75) is 148 Å². The Balaban J connectivity index is 4.47. The highest BCUT2D eigenvalue weighted by atomic mass is 31.2. The van der Waals surface area contributed by atoms with Crippen LogP contribution in [0.3, 0.4) is 0 Å². The number of unbranched alkanes of at least 4 members (excludes halogenated alkanes) is 7. The van der Waals surface area contributed by atoms with Gasteiger partial charge in [0.25, 0.3) is 0 Å². The minimum Gasteiger partial charge on any atom is -0.462 e. The highest BCUT2D eigenvalue weighted by molar-refractivity contribution is 7.47. The SMILES string of the molecule is CC/C=C\C/C=C\C/C=C\C/C=C\C/C=C\CCCC(=O)OCC(COP(=O)(O)OCCN(C)C)OC(=O)CCCCC/C=C\C/C=C\C/C=C\C/C=C\CCCCC. The number of hydrogen-bond donors (Lipinski definition) is 1. The molecule has 0 spiro atoms. The van der Waals surface area contributed by atoms with Crippen molar-refractivity contribution >= 4 is 19.8 Å². The lowest BCUT2D eigenvalue weighted by atomic mass is 10.1. The molecule has 0 saturated carbocycles. The van der Waals surface area contributed by atoms with Gasteiger partial charge in [-0.05, 0) is 110 Å². The molecule has 2 unspecified atom stereocenters. The lowest BCUT2D eigenvalue weighted by Crippen LogP contribution is -2.29. The molecule has 0 heterocycles. The Bertz CT molecular complexity index is 1340. The van der Waals surface area contributed by atoms with Crippen molar-refractivity contribution in [1.29, 1.82) is 0 Å². The number of phosphoric ester groups is 1. The first-order valence-electron chi connectivity index (χ1n) is 22.2. The number of carbonyl (C=O) groups excluding carboxylic acids is 2. The third kappa shape index (κ3) is 44.1. The van der Waals surface area contributed by atoms with Crippen LogP contribution in [0, 0.1) is 0 Å². The van der Waals surface area contributed by atoms with Gasteiger partial charge in [-0.1, -0.05) is 142 Å². The number of hydrogen-bond acceptors (Lipinski definition) is 8. The van der Waals surface area contributed by atoms with Crippen LogP contribution in [0.4, 0.5) is 0 Å². The smallest absolute Gasteiger partial charge is 0.462 e. The first kappa shape index (κ1) is 55.7. The van der Waals surface area contributed by atoms with Crippen molar-refractivity contribution < 1.29 is 37.6 Å². The van der Waals surface area contributed by atoms with Crippen LogP contribution in [-0.2, 0) is 32.7 Å². The zero-order chi connectivity index (χ0) is 43.3. The van der Waals surface area contributed by atoms with E-state index in [0.717, 1.165) is 77.0 Å². The highest BCUT2D eigenvalue weighted by Crippen LogP contribution is 2.43. The van der Waals surface area contributed by atoms with Crippen molar-refractivity contribution in [3.63, 3.8) is 0 Å². The summed E-state index contributed by atoms with van der Waals surface area (Å²) in [5, 5.41) is 0. The van der Waals surface area contributed by atoms with Gasteiger partial charge in [0.2, 0.25) is 0 Å². The van der Waals surface area contributed by atoms with Crippen molar-refractivity contribution in [1.82, 2.24) is 4.90 Å². The predicted molar refractivity (Wildman–Crippen MR) is 247 cm³/mol. The number of allylic oxidation sites excluding steroid dienone is 18. The van der Waals surface area contributed by atoms with Crippen LogP contribution in [0.5, 0.6) is 0 Å². The van der Waals surface area contributed by atoms with Crippen molar-refractivity contribution in [3.05, 3.63) is 109 Å². The fourth-order valence-electron chi connectivity index (χ4n) is 5.17.